The first-order valence-electron chi connectivity index (χ1n) is 4.17. The molecule has 16 heavy (non-hydrogen) atoms. The molecule has 0 spiro atoms. The summed E-state index contributed by atoms with van der Waals surface area (Å²) in [5.74, 6) is -1.43. The van der Waals surface area contributed by atoms with Crippen molar-refractivity contribution in [1.29, 1.82) is 0 Å². The van der Waals surface area contributed by atoms with Gasteiger partial charge in [-0.25, -0.2) is 4.79 Å². The minimum absolute atomic E-state index is 0.0838. The minimum Gasteiger partial charge on any atom is -0.478 e. The largest absolute Gasteiger partial charge is 0.478 e. The van der Waals surface area contributed by atoms with E-state index in [1.54, 1.807) is 0 Å². The summed E-state index contributed by atoms with van der Waals surface area (Å²) in [4.78, 5) is 10.8. The first-order valence-corrected chi connectivity index (χ1v) is 4.17. The molecular weight excluding hydrogens is 225 g/mol. The highest BCUT2D eigenvalue weighted by Crippen LogP contribution is 2.32. The fourth-order valence-corrected chi connectivity index (χ4v) is 1.39. The molecule has 0 saturated carbocycles. The zero-order valence-electron chi connectivity index (χ0n) is 7.67. The Labute approximate surface area is 86.7 Å². The lowest BCUT2D eigenvalue weighted by molar-refractivity contribution is -0.137. The topological polar surface area (TPSA) is 66.0 Å². The molecule has 0 aliphatic carbocycles. The van der Waals surface area contributed by atoms with Crippen LogP contribution in [0.2, 0.25) is 0 Å². The van der Waals surface area contributed by atoms with Crippen LogP contribution < -0.4 is 0 Å². The Morgan fingerprint density at radius 1 is 1.38 bits per heavy atom. The molecule has 0 unspecified atom stereocenters. The Morgan fingerprint density at radius 2 is 2.06 bits per heavy atom. The fraction of sp³-hybridized carbons (Fsp3) is 0.111. The molecule has 84 valence electrons. The molecule has 0 bridgehead atoms. The predicted octanol–water partition coefficient (Wildman–Crippen LogP) is 2.28. The van der Waals surface area contributed by atoms with Crippen LogP contribution in [0.1, 0.15) is 15.9 Å². The van der Waals surface area contributed by atoms with Crippen LogP contribution in [0.15, 0.2) is 18.3 Å². The van der Waals surface area contributed by atoms with Crippen LogP contribution in [0, 0.1) is 0 Å². The number of H-pyrrole nitrogens is 1. The van der Waals surface area contributed by atoms with Gasteiger partial charge in [-0.3, -0.25) is 5.10 Å². The summed E-state index contributed by atoms with van der Waals surface area (Å²) >= 11 is 0. The quantitative estimate of drug-likeness (QED) is 0.789. The van der Waals surface area contributed by atoms with E-state index >= 15 is 0 Å². The number of hydrogen-bond acceptors (Lipinski definition) is 2. The number of aromatic nitrogens is 2. The summed E-state index contributed by atoms with van der Waals surface area (Å²) in [5, 5.41) is 14.8. The molecule has 0 radical (unpaired) electrons. The summed E-state index contributed by atoms with van der Waals surface area (Å²) in [7, 11) is 0. The van der Waals surface area contributed by atoms with Gasteiger partial charge in [0, 0.05) is 5.39 Å². The molecule has 7 heteroatoms. The number of carbonyl (C=O) groups is 1. The van der Waals surface area contributed by atoms with Crippen LogP contribution >= 0.6 is 0 Å². The van der Waals surface area contributed by atoms with Gasteiger partial charge in [-0.05, 0) is 12.1 Å². The molecule has 0 aliphatic rings. The summed E-state index contributed by atoms with van der Waals surface area (Å²) < 4.78 is 37.3. The van der Waals surface area contributed by atoms with Gasteiger partial charge in [-0.2, -0.15) is 18.3 Å². The van der Waals surface area contributed by atoms with Gasteiger partial charge < -0.3 is 5.11 Å². The number of alkyl halides is 3. The van der Waals surface area contributed by atoms with E-state index in [0.29, 0.717) is 6.07 Å². The van der Waals surface area contributed by atoms with E-state index in [0.717, 1.165) is 12.3 Å². The van der Waals surface area contributed by atoms with Crippen molar-refractivity contribution in [1.82, 2.24) is 10.2 Å². The second-order valence-corrected chi connectivity index (χ2v) is 3.16. The van der Waals surface area contributed by atoms with Crippen LogP contribution in [-0.2, 0) is 6.18 Å². The molecule has 0 saturated heterocycles. The van der Waals surface area contributed by atoms with E-state index in [-0.39, 0.29) is 10.9 Å². The van der Waals surface area contributed by atoms with Crippen molar-refractivity contribution in [3.63, 3.8) is 0 Å². The average molecular weight is 230 g/mol. The monoisotopic (exact) mass is 230 g/mol. The number of carboxylic acids is 1. The molecule has 2 N–H and O–H groups in total. The second kappa shape index (κ2) is 3.22. The Balaban J connectivity index is 2.76. The number of rotatable bonds is 1. The number of nitrogens with zero attached hydrogens (tertiary/aromatic N) is 1. The Kier molecular flexibility index (Phi) is 2.11. The standard InChI is InChI=1S/C9H5F3N2O2/c10-9(11,12)5-1-4-3-13-14-7(4)6(2-5)8(15)16/h1-3H,(H,13,14)(H,15,16). The highest BCUT2D eigenvalue weighted by Gasteiger charge is 2.32. The van der Waals surface area contributed by atoms with Crippen LogP contribution in [0.4, 0.5) is 13.2 Å². The highest BCUT2D eigenvalue weighted by molar-refractivity contribution is 6.02. The summed E-state index contributed by atoms with van der Waals surface area (Å²) in [6.07, 6.45) is -3.42. The second-order valence-electron chi connectivity index (χ2n) is 3.16. The maximum atomic E-state index is 12.4. The number of hydrogen-bond donors (Lipinski definition) is 2. The maximum absolute atomic E-state index is 12.4. The summed E-state index contributed by atoms with van der Waals surface area (Å²) in [6.45, 7) is 0. The Bertz CT molecular complexity index is 559. The molecule has 1 aromatic heterocycles. The molecule has 2 rings (SSSR count). The van der Waals surface area contributed by atoms with Crippen molar-refractivity contribution in [2.24, 2.45) is 0 Å². The van der Waals surface area contributed by atoms with Crippen molar-refractivity contribution in [3.05, 3.63) is 29.5 Å². The van der Waals surface area contributed by atoms with Gasteiger partial charge in [-0.1, -0.05) is 0 Å². The first-order chi connectivity index (χ1) is 7.39. The predicted molar refractivity (Wildman–Crippen MR) is 48.1 cm³/mol. The molecule has 0 aliphatic heterocycles. The van der Waals surface area contributed by atoms with Crippen molar-refractivity contribution < 1.29 is 23.1 Å². The number of carboxylic acid groups (broad SMARTS) is 1. The lowest BCUT2D eigenvalue weighted by Gasteiger charge is -2.07. The zero-order valence-corrected chi connectivity index (χ0v) is 7.67. The van der Waals surface area contributed by atoms with Gasteiger partial charge in [0.25, 0.3) is 0 Å². The molecule has 0 fully saturated rings. The Morgan fingerprint density at radius 3 is 2.62 bits per heavy atom. The lowest BCUT2D eigenvalue weighted by atomic mass is 10.1. The number of halogens is 3. The zero-order chi connectivity index (χ0) is 11.9. The Hall–Kier alpha value is -2.05. The number of aromatic amines is 1. The maximum Gasteiger partial charge on any atom is 0.416 e. The third-order valence-corrected chi connectivity index (χ3v) is 2.11. The third kappa shape index (κ3) is 1.60. The van der Waals surface area contributed by atoms with Crippen molar-refractivity contribution in [3.8, 4) is 0 Å². The van der Waals surface area contributed by atoms with Gasteiger partial charge in [-0.15, -0.1) is 0 Å². The van der Waals surface area contributed by atoms with Crippen LogP contribution in [-0.4, -0.2) is 21.3 Å². The number of benzene rings is 1. The lowest BCUT2D eigenvalue weighted by Crippen LogP contribution is -2.07. The van der Waals surface area contributed by atoms with Gasteiger partial charge >= 0.3 is 12.1 Å². The SMILES string of the molecule is O=C(O)c1cc(C(F)(F)F)cc2cn[nH]c12. The van der Waals surface area contributed by atoms with E-state index in [2.05, 4.69) is 10.2 Å². The summed E-state index contributed by atoms with van der Waals surface area (Å²) in [5.41, 5.74) is -1.36. The number of fused-ring (bicyclic) bond motifs is 1. The smallest absolute Gasteiger partial charge is 0.416 e. The van der Waals surface area contributed by atoms with E-state index in [4.69, 9.17) is 5.11 Å². The van der Waals surface area contributed by atoms with E-state index in [9.17, 15) is 18.0 Å². The van der Waals surface area contributed by atoms with Crippen molar-refractivity contribution in [2.45, 2.75) is 6.18 Å². The van der Waals surface area contributed by atoms with Crippen LogP contribution in [0.3, 0.4) is 0 Å². The molecule has 1 aromatic carbocycles. The summed E-state index contributed by atoms with van der Waals surface area (Å²) in [6, 6.07) is 1.44. The molecule has 0 atom stereocenters. The fourth-order valence-electron chi connectivity index (χ4n) is 1.39. The van der Waals surface area contributed by atoms with Gasteiger partial charge in [0.05, 0.1) is 22.8 Å². The number of nitrogens with one attached hydrogen (secondary N) is 1. The van der Waals surface area contributed by atoms with Crippen molar-refractivity contribution in [2.75, 3.05) is 0 Å². The highest BCUT2D eigenvalue weighted by atomic mass is 19.4. The van der Waals surface area contributed by atoms with E-state index in [1.807, 2.05) is 0 Å². The van der Waals surface area contributed by atoms with Gasteiger partial charge in [0.15, 0.2) is 0 Å². The average Bonchev–Trinajstić information content (AvgIpc) is 2.61. The molecule has 4 nitrogen and oxygen atoms in total. The van der Waals surface area contributed by atoms with Gasteiger partial charge in [0.1, 0.15) is 0 Å². The normalized spacial score (nSPS) is 11.9. The van der Waals surface area contributed by atoms with Crippen LogP contribution in [0.25, 0.3) is 10.9 Å². The molecule has 1 heterocycles. The van der Waals surface area contributed by atoms with Gasteiger partial charge in [0.2, 0.25) is 0 Å². The first kappa shape index (κ1) is 10.5. The third-order valence-electron chi connectivity index (χ3n) is 2.11. The van der Waals surface area contributed by atoms with E-state index < -0.39 is 23.3 Å². The van der Waals surface area contributed by atoms with Crippen LogP contribution in [0.5, 0.6) is 0 Å². The minimum atomic E-state index is -4.57. The van der Waals surface area contributed by atoms with Crippen molar-refractivity contribution >= 4 is 16.9 Å². The molecular formula is C9H5F3N2O2. The van der Waals surface area contributed by atoms with E-state index in [1.165, 1.54) is 0 Å². The number of aromatic carboxylic acids is 1. The molecule has 0 amide bonds. The molecule has 2 aromatic rings.